The first-order valence-corrected chi connectivity index (χ1v) is 7.83. The molecule has 0 saturated carbocycles. The Bertz CT molecular complexity index is 837. The Hall–Kier alpha value is -3.33. The molecular formula is C19H19N3O3. The number of hydrogen-bond donors (Lipinski definition) is 2. The van der Waals surface area contributed by atoms with E-state index in [1.807, 2.05) is 43.3 Å². The Morgan fingerprint density at radius 2 is 1.96 bits per heavy atom. The molecule has 2 N–H and O–H groups in total. The summed E-state index contributed by atoms with van der Waals surface area (Å²) in [5.41, 5.74) is 2.60. The van der Waals surface area contributed by atoms with Gasteiger partial charge in [0.25, 0.3) is 0 Å². The summed E-state index contributed by atoms with van der Waals surface area (Å²) in [5, 5.41) is 5.45. The maximum atomic E-state index is 11.9. The van der Waals surface area contributed by atoms with Crippen molar-refractivity contribution in [1.29, 1.82) is 0 Å². The lowest BCUT2D eigenvalue weighted by molar-refractivity contribution is 0.174. The number of hydrogen-bond acceptors (Lipinski definition) is 4. The molecule has 128 valence electrons. The van der Waals surface area contributed by atoms with Crippen molar-refractivity contribution in [3.05, 3.63) is 48.0 Å². The van der Waals surface area contributed by atoms with Crippen molar-refractivity contribution in [2.24, 2.45) is 0 Å². The minimum absolute atomic E-state index is 0.203. The largest absolute Gasteiger partial charge is 0.454 e. The Labute approximate surface area is 146 Å². The summed E-state index contributed by atoms with van der Waals surface area (Å²) in [6, 6.07) is 12.8. The molecule has 1 aliphatic heterocycles. The number of carbonyl (C=O) groups excluding carboxylic acids is 1. The maximum Gasteiger partial charge on any atom is 0.319 e. The second kappa shape index (κ2) is 7.49. The zero-order valence-electron chi connectivity index (χ0n) is 14.1. The minimum atomic E-state index is -0.325. The standard InChI is InChI=1S/C19H19N3O3/c1-22(2)16-8-4-3-6-14(16)7-5-11-20-19(23)21-15-9-10-17-18(12-15)25-13-24-17/h3-4,6,8-10,12H,11,13H2,1-2H3,(H2,20,21,23). The number of amides is 2. The van der Waals surface area contributed by atoms with Gasteiger partial charge in [0.2, 0.25) is 6.79 Å². The number of rotatable bonds is 3. The average molecular weight is 337 g/mol. The summed E-state index contributed by atoms with van der Waals surface area (Å²) in [6.45, 7) is 0.452. The molecule has 0 aliphatic carbocycles. The molecule has 2 aromatic rings. The summed E-state index contributed by atoms with van der Waals surface area (Å²) < 4.78 is 10.5. The highest BCUT2D eigenvalue weighted by atomic mass is 16.7. The van der Waals surface area contributed by atoms with Crippen LogP contribution in [0.1, 0.15) is 5.56 Å². The van der Waals surface area contributed by atoms with Crippen LogP contribution >= 0.6 is 0 Å². The predicted molar refractivity (Wildman–Crippen MR) is 97.2 cm³/mol. The van der Waals surface area contributed by atoms with Gasteiger partial charge in [-0.2, -0.15) is 0 Å². The maximum absolute atomic E-state index is 11.9. The van der Waals surface area contributed by atoms with Crippen LogP contribution in [-0.2, 0) is 0 Å². The minimum Gasteiger partial charge on any atom is -0.454 e. The van der Waals surface area contributed by atoms with Gasteiger partial charge in [0.15, 0.2) is 11.5 Å². The van der Waals surface area contributed by atoms with Crippen LogP contribution in [0.15, 0.2) is 42.5 Å². The molecule has 0 spiro atoms. The molecule has 3 rings (SSSR count). The Kier molecular flexibility index (Phi) is 4.95. The molecule has 1 aliphatic rings. The van der Waals surface area contributed by atoms with Crippen molar-refractivity contribution in [2.45, 2.75) is 0 Å². The first-order valence-electron chi connectivity index (χ1n) is 7.83. The van der Waals surface area contributed by atoms with Crippen LogP contribution in [0.2, 0.25) is 0 Å². The molecule has 0 unspecified atom stereocenters. The lowest BCUT2D eigenvalue weighted by atomic mass is 10.1. The van der Waals surface area contributed by atoms with Gasteiger partial charge in [0.1, 0.15) is 0 Å². The Morgan fingerprint density at radius 3 is 2.80 bits per heavy atom. The molecular weight excluding hydrogens is 318 g/mol. The van der Waals surface area contributed by atoms with E-state index < -0.39 is 0 Å². The highest BCUT2D eigenvalue weighted by molar-refractivity contribution is 5.89. The quantitative estimate of drug-likeness (QED) is 0.845. The van der Waals surface area contributed by atoms with Crippen molar-refractivity contribution in [2.75, 3.05) is 37.6 Å². The molecule has 0 saturated heterocycles. The highest BCUT2D eigenvalue weighted by Crippen LogP contribution is 2.34. The number of urea groups is 1. The number of anilines is 2. The van der Waals surface area contributed by atoms with E-state index in [0.29, 0.717) is 17.2 Å². The number of nitrogens with one attached hydrogen (secondary N) is 2. The lowest BCUT2D eigenvalue weighted by Crippen LogP contribution is -2.28. The van der Waals surface area contributed by atoms with Crippen molar-refractivity contribution in [3.63, 3.8) is 0 Å². The van der Waals surface area contributed by atoms with Crippen molar-refractivity contribution in [1.82, 2.24) is 5.32 Å². The fourth-order valence-corrected chi connectivity index (χ4v) is 2.38. The first-order chi connectivity index (χ1) is 12.1. The fraction of sp³-hybridized carbons (Fsp3) is 0.211. The van der Waals surface area contributed by atoms with Gasteiger partial charge in [0.05, 0.1) is 12.2 Å². The molecule has 0 atom stereocenters. The molecule has 0 bridgehead atoms. The van der Waals surface area contributed by atoms with E-state index in [9.17, 15) is 4.79 Å². The summed E-state index contributed by atoms with van der Waals surface area (Å²) in [6.07, 6.45) is 0. The SMILES string of the molecule is CN(C)c1ccccc1C#CCNC(=O)Nc1ccc2c(c1)OCO2. The molecule has 0 aromatic heterocycles. The van der Waals surface area contributed by atoms with Crippen LogP contribution in [0, 0.1) is 11.8 Å². The predicted octanol–water partition coefficient (Wildman–Crippen LogP) is 2.65. The number of para-hydroxylation sites is 1. The Morgan fingerprint density at radius 1 is 1.16 bits per heavy atom. The van der Waals surface area contributed by atoms with E-state index in [4.69, 9.17) is 9.47 Å². The van der Waals surface area contributed by atoms with E-state index >= 15 is 0 Å². The van der Waals surface area contributed by atoms with Crippen molar-refractivity contribution in [3.8, 4) is 23.3 Å². The van der Waals surface area contributed by atoms with E-state index in [2.05, 4.69) is 22.5 Å². The summed E-state index contributed by atoms with van der Waals surface area (Å²) in [7, 11) is 3.94. The molecule has 2 aromatic carbocycles. The van der Waals surface area contributed by atoms with E-state index in [1.54, 1.807) is 18.2 Å². The summed E-state index contributed by atoms with van der Waals surface area (Å²) >= 11 is 0. The molecule has 0 fully saturated rings. The van der Waals surface area contributed by atoms with Gasteiger partial charge in [-0.1, -0.05) is 24.0 Å². The Balaban J connectivity index is 1.54. The third-order valence-electron chi connectivity index (χ3n) is 3.58. The third-order valence-corrected chi connectivity index (χ3v) is 3.58. The topological polar surface area (TPSA) is 62.8 Å². The van der Waals surface area contributed by atoms with Gasteiger partial charge in [-0.3, -0.25) is 0 Å². The zero-order valence-corrected chi connectivity index (χ0v) is 14.1. The number of nitrogens with zero attached hydrogens (tertiary/aromatic N) is 1. The number of ether oxygens (including phenoxy) is 2. The fourth-order valence-electron chi connectivity index (χ4n) is 2.38. The first kappa shape index (κ1) is 16.5. The highest BCUT2D eigenvalue weighted by Gasteiger charge is 2.13. The summed E-state index contributed by atoms with van der Waals surface area (Å²) in [4.78, 5) is 13.9. The van der Waals surface area contributed by atoms with Gasteiger partial charge in [0, 0.05) is 31.4 Å². The molecule has 6 nitrogen and oxygen atoms in total. The number of fused-ring (bicyclic) bond motifs is 1. The van der Waals surface area contributed by atoms with E-state index in [-0.39, 0.29) is 19.4 Å². The molecule has 0 radical (unpaired) electrons. The van der Waals surface area contributed by atoms with Crippen LogP contribution in [0.25, 0.3) is 0 Å². The van der Waals surface area contributed by atoms with Crippen LogP contribution in [0.5, 0.6) is 11.5 Å². The van der Waals surface area contributed by atoms with Crippen LogP contribution in [0.4, 0.5) is 16.2 Å². The van der Waals surface area contributed by atoms with Gasteiger partial charge in [-0.05, 0) is 24.3 Å². The number of benzene rings is 2. The monoisotopic (exact) mass is 337 g/mol. The van der Waals surface area contributed by atoms with Gasteiger partial charge >= 0.3 is 6.03 Å². The second-order valence-electron chi connectivity index (χ2n) is 5.59. The summed E-state index contributed by atoms with van der Waals surface area (Å²) in [5.74, 6) is 7.34. The van der Waals surface area contributed by atoms with Crippen LogP contribution < -0.4 is 25.0 Å². The van der Waals surface area contributed by atoms with Gasteiger partial charge < -0.3 is 25.0 Å². The van der Waals surface area contributed by atoms with Gasteiger partial charge in [-0.25, -0.2) is 4.79 Å². The van der Waals surface area contributed by atoms with E-state index in [0.717, 1.165) is 11.3 Å². The second-order valence-corrected chi connectivity index (χ2v) is 5.59. The van der Waals surface area contributed by atoms with E-state index in [1.165, 1.54) is 0 Å². The molecule has 6 heteroatoms. The molecule has 1 heterocycles. The van der Waals surface area contributed by atoms with Crippen LogP contribution in [0.3, 0.4) is 0 Å². The molecule has 2 amide bonds. The average Bonchev–Trinajstić information content (AvgIpc) is 3.06. The lowest BCUT2D eigenvalue weighted by Gasteiger charge is -2.13. The third kappa shape index (κ3) is 4.15. The normalized spacial score (nSPS) is 11.3. The van der Waals surface area contributed by atoms with Gasteiger partial charge in [-0.15, -0.1) is 0 Å². The van der Waals surface area contributed by atoms with Crippen molar-refractivity contribution >= 4 is 17.4 Å². The smallest absolute Gasteiger partial charge is 0.319 e. The zero-order chi connectivity index (χ0) is 17.6. The molecule has 25 heavy (non-hydrogen) atoms. The number of carbonyl (C=O) groups is 1. The van der Waals surface area contributed by atoms with Crippen LogP contribution in [-0.4, -0.2) is 33.5 Å². The van der Waals surface area contributed by atoms with Crippen molar-refractivity contribution < 1.29 is 14.3 Å².